The summed E-state index contributed by atoms with van der Waals surface area (Å²) in [6.45, 7) is 4.06. The van der Waals surface area contributed by atoms with Crippen molar-refractivity contribution in [3.8, 4) is 11.4 Å². The van der Waals surface area contributed by atoms with Gasteiger partial charge in [-0.3, -0.25) is 4.79 Å². The summed E-state index contributed by atoms with van der Waals surface area (Å²) in [5.41, 5.74) is 3.14. The van der Waals surface area contributed by atoms with E-state index in [0.29, 0.717) is 15.3 Å². The Labute approximate surface area is 140 Å². The molecule has 6 heteroatoms. The molecule has 0 N–H and O–H groups in total. The predicted octanol–water partition coefficient (Wildman–Crippen LogP) is 3.04. The Balaban J connectivity index is 1.98. The van der Waals surface area contributed by atoms with Gasteiger partial charge < -0.3 is 0 Å². The van der Waals surface area contributed by atoms with E-state index in [1.165, 1.54) is 16.9 Å². The third-order valence-electron chi connectivity index (χ3n) is 3.80. The number of nitrogens with zero attached hydrogens (tertiary/aromatic N) is 3. The molecule has 0 spiro atoms. The smallest absolute Gasteiger partial charge is 0.267 e. The molecular weight excluding hydrogens is 326 g/mol. The van der Waals surface area contributed by atoms with Gasteiger partial charge in [0.1, 0.15) is 0 Å². The third-order valence-corrected chi connectivity index (χ3v) is 5.72. The van der Waals surface area contributed by atoms with Crippen LogP contribution in [0.15, 0.2) is 40.5 Å². The molecular formula is C17H13N3OS2. The fourth-order valence-electron chi connectivity index (χ4n) is 2.51. The maximum atomic E-state index is 12.8. The molecule has 0 unspecified atom stereocenters. The molecule has 0 aliphatic rings. The SMILES string of the molecule is Cc1ccccc1-c1nnc2sc(=Cc3sccc3C)c(=O)n12. The minimum atomic E-state index is -0.0546. The van der Waals surface area contributed by atoms with Crippen LogP contribution in [0.3, 0.4) is 0 Å². The van der Waals surface area contributed by atoms with Crippen molar-refractivity contribution in [1.82, 2.24) is 14.6 Å². The van der Waals surface area contributed by atoms with Crippen LogP contribution >= 0.6 is 22.7 Å². The summed E-state index contributed by atoms with van der Waals surface area (Å²) in [5, 5.41) is 10.4. The molecule has 114 valence electrons. The van der Waals surface area contributed by atoms with Crippen LogP contribution in [-0.2, 0) is 0 Å². The molecule has 4 rings (SSSR count). The maximum Gasteiger partial charge on any atom is 0.276 e. The predicted molar refractivity (Wildman–Crippen MR) is 95.1 cm³/mol. The zero-order valence-corrected chi connectivity index (χ0v) is 14.2. The Bertz CT molecular complexity index is 1120. The summed E-state index contributed by atoms with van der Waals surface area (Å²) in [7, 11) is 0. The molecule has 23 heavy (non-hydrogen) atoms. The maximum absolute atomic E-state index is 12.8. The number of benzene rings is 1. The van der Waals surface area contributed by atoms with E-state index < -0.39 is 0 Å². The highest BCUT2D eigenvalue weighted by Gasteiger charge is 2.15. The monoisotopic (exact) mass is 339 g/mol. The van der Waals surface area contributed by atoms with Crippen LogP contribution < -0.4 is 10.1 Å². The number of thiophene rings is 1. The average molecular weight is 339 g/mol. The van der Waals surface area contributed by atoms with E-state index in [2.05, 4.69) is 16.3 Å². The highest BCUT2D eigenvalue weighted by Crippen LogP contribution is 2.21. The summed E-state index contributed by atoms with van der Waals surface area (Å²) in [4.78, 5) is 14.5. The highest BCUT2D eigenvalue weighted by molar-refractivity contribution is 7.15. The van der Waals surface area contributed by atoms with Gasteiger partial charge in [0, 0.05) is 10.4 Å². The molecule has 0 fully saturated rings. The fourth-order valence-corrected chi connectivity index (χ4v) is 4.34. The van der Waals surface area contributed by atoms with E-state index in [1.54, 1.807) is 15.7 Å². The minimum Gasteiger partial charge on any atom is -0.267 e. The van der Waals surface area contributed by atoms with Crippen LogP contribution in [0, 0.1) is 13.8 Å². The van der Waals surface area contributed by atoms with Gasteiger partial charge in [-0.25, -0.2) is 4.40 Å². The summed E-state index contributed by atoms with van der Waals surface area (Å²) in [6, 6.07) is 9.95. The van der Waals surface area contributed by atoms with Gasteiger partial charge in [0.05, 0.1) is 4.53 Å². The molecule has 0 aliphatic heterocycles. The largest absolute Gasteiger partial charge is 0.276 e. The number of aryl methyl sites for hydroxylation is 2. The molecule has 0 saturated heterocycles. The zero-order chi connectivity index (χ0) is 16.0. The number of hydrogen-bond donors (Lipinski definition) is 0. The fraction of sp³-hybridized carbons (Fsp3) is 0.118. The van der Waals surface area contributed by atoms with Crippen molar-refractivity contribution < 1.29 is 0 Å². The lowest BCUT2D eigenvalue weighted by molar-refractivity contribution is 1.09. The van der Waals surface area contributed by atoms with Gasteiger partial charge in [-0.05, 0) is 42.5 Å². The third kappa shape index (κ3) is 2.31. The average Bonchev–Trinajstić information content (AvgIpc) is 3.20. The van der Waals surface area contributed by atoms with Crippen LogP contribution in [-0.4, -0.2) is 14.6 Å². The van der Waals surface area contributed by atoms with E-state index in [9.17, 15) is 4.79 Å². The number of hydrogen-bond acceptors (Lipinski definition) is 5. The molecule has 4 aromatic rings. The molecule has 0 radical (unpaired) electrons. The molecule has 4 nitrogen and oxygen atoms in total. The summed E-state index contributed by atoms with van der Waals surface area (Å²) in [6.07, 6.45) is 1.95. The number of aromatic nitrogens is 3. The summed E-state index contributed by atoms with van der Waals surface area (Å²) in [5.74, 6) is 0.613. The quantitative estimate of drug-likeness (QED) is 0.564. The topological polar surface area (TPSA) is 47.3 Å². The lowest BCUT2D eigenvalue weighted by atomic mass is 10.1. The van der Waals surface area contributed by atoms with Crippen molar-refractivity contribution in [3.05, 3.63) is 66.6 Å². The number of rotatable bonds is 2. The Kier molecular flexibility index (Phi) is 3.36. The van der Waals surface area contributed by atoms with Gasteiger partial charge in [-0.1, -0.05) is 35.6 Å². The molecule has 1 aromatic carbocycles. The van der Waals surface area contributed by atoms with Crippen LogP contribution in [0.5, 0.6) is 0 Å². The van der Waals surface area contributed by atoms with E-state index in [0.717, 1.165) is 16.0 Å². The second-order valence-corrected chi connectivity index (χ2v) is 7.30. The van der Waals surface area contributed by atoms with Crippen molar-refractivity contribution in [2.24, 2.45) is 0 Å². The van der Waals surface area contributed by atoms with Crippen LogP contribution in [0.2, 0.25) is 0 Å². The van der Waals surface area contributed by atoms with E-state index in [1.807, 2.05) is 49.6 Å². The second kappa shape index (κ2) is 5.40. The lowest BCUT2D eigenvalue weighted by Crippen LogP contribution is -2.23. The summed E-state index contributed by atoms with van der Waals surface area (Å²) >= 11 is 3.02. The van der Waals surface area contributed by atoms with Crippen LogP contribution in [0.4, 0.5) is 0 Å². The second-order valence-electron chi connectivity index (χ2n) is 5.34. The van der Waals surface area contributed by atoms with Gasteiger partial charge in [0.2, 0.25) is 4.96 Å². The van der Waals surface area contributed by atoms with Gasteiger partial charge >= 0.3 is 0 Å². The first-order valence-corrected chi connectivity index (χ1v) is 8.84. The van der Waals surface area contributed by atoms with Crippen molar-refractivity contribution in [2.45, 2.75) is 13.8 Å². The van der Waals surface area contributed by atoms with Crippen molar-refractivity contribution in [3.63, 3.8) is 0 Å². The van der Waals surface area contributed by atoms with E-state index >= 15 is 0 Å². The van der Waals surface area contributed by atoms with Crippen LogP contribution in [0.25, 0.3) is 22.4 Å². The van der Waals surface area contributed by atoms with Gasteiger partial charge in [-0.15, -0.1) is 21.5 Å². The Hall–Kier alpha value is -2.31. The Morgan fingerprint density at radius 1 is 1.09 bits per heavy atom. The van der Waals surface area contributed by atoms with Crippen molar-refractivity contribution >= 4 is 33.7 Å². The molecule has 0 atom stereocenters. The lowest BCUT2D eigenvalue weighted by Gasteiger charge is -2.00. The first-order valence-electron chi connectivity index (χ1n) is 7.15. The molecule has 3 aromatic heterocycles. The normalized spacial score (nSPS) is 12.3. The molecule has 0 aliphatic carbocycles. The first-order chi connectivity index (χ1) is 11.1. The number of thiazole rings is 1. The number of fused-ring (bicyclic) bond motifs is 1. The minimum absolute atomic E-state index is 0.0546. The Morgan fingerprint density at radius 2 is 1.91 bits per heavy atom. The molecule has 0 saturated carbocycles. The molecule has 0 bridgehead atoms. The first kappa shape index (κ1) is 14.3. The Morgan fingerprint density at radius 3 is 2.65 bits per heavy atom. The van der Waals surface area contributed by atoms with Gasteiger partial charge in [-0.2, -0.15) is 0 Å². The highest BCUT2D eigenvalue weighted by atomic mass is 32.1. The van der Waals surface area contributed by atoms with E-state index in [-0.39, 0.29) is 5.56 Å². The van der Waals surface area contributed by atoms with Gasteiger partial charge in [0.25, 0.3) is 5.56 Å². The summed E-state index contributed by atoms with van der Waals surface area (Å²) < 4.78 is 2.30. The van der Waals surface area contributed by atoms with Crippen molar-refractivity contribution in [2.75, 3.05) is 0 Å². The molecule has 3 heterocycles. The van der Waals surface area contributed by atoms with E-state index in [4.69, 9.17) is 0 Å². The zero-order valence-electron chi connectivity index (χ0n) is 12.6. The standard InChI is InChI=1S/C17H13N3OS2/c1-10-5-3-4-6-12(10)15-18-19-17-20(15)16(21)14(23-17)9-13-11(2)7-8-22-13/h3-9H,1-2H3. The van der Waals surface area contributed by atoms with Crippen molar-refractivity contribution in [1.29, 1.82) is 0 Å². The molecule has 0 amide bonds. The van der Waals surface area contributed by atoms with Gasteiger partial charge in [0.15, 0.2) is 5.82 Å². The van der Waals surface area contributed by atoms with Crippen LogP contribution in [0.1, 0.15) is 16.0 Å².